The molecule has 1 amide bonds. The molecule has 3 aromatic rings. The zero-order chi connectivity index (χ0) is 18.5. The van der Waals surface area contributed by atoms with Gasteiger partial charge in [-0.15, -0.1) is 0 Å². The zero-order valence-electron chi connectivity index (χ0n) is 15.0. The minimum atomic E-state index is -0.155. The highest BCUT2D eigenvalue weighted by Gasteiger charge is 2.31. The summed E-state index contributed by atoms with van der Waals surface area (Å²) < 4.78 is 5.34. The Kier molecular flexibility index (Phi) is 5.60. The third-order valence-corrected chi connectivity index (χ3v) is 5.70. The molecule has 1 aliphatic heterocycles. The van der Waals surface area contributed by atoms with Gasteiger partial charge in [-0.05, 0) is 53.8 Å². The number of furan rings is 1. The number of aromatic nitrogens is 2. The van der Waals surface area contributed by atoms with Crippen LogP contribution in [-0.2, 0) is 6.42 Å². The molecule has 4 rings (SSSR count). The van der Waals surface area contributed by atoms with Crippen LogP contribution in [0.2, 0.25) is 0 Å². The van der Waals surface area contributed by atoms with Gasteiger partial charge in [0.05, 0.1) is 12.5 Å². The third-order valence-electron chi connectivity index (χ3n) is 4.97. The van der Waals surface area contributed by atoms with Gasteiger partial charge in [0.2, 0.25) is 0 Å². The van der Waals surface area contributed by atoms with Crippen molar-refractivity contribution in [3.05, 3.63) is 65.1 Å². The van der Waals surface area contributed by atoms with Crippen molar-refractivity contribution >= 4 is 23.1 Å². The molecule has 6 nitrogen and oxygen atoms in total. The van der Waals surface area contributed by atoms with E-state index in [2.05, 4.69) is 31.7 Å². The Morgan fingerprint density at radius 2 is 2.19 bits per heavy atom. The van der Waals surface area contributed by atoms with E-state index in [0.717, 1.165) is 38.9 Å². The van der Waals surface area contributed by atoms with Crippen LogP contribution in [-0.4, -0.2) is 46.5 Å². The predicted octanol–water partition coefficient (Wildman–Crippen LogP) is 3.49. The van der Waals surface area contributed by atoms with Crippen LogP contribution in [0.3, 0.4) is 0 Å². The molecule has 0 N–H and O–H groups in total. The van der Waals surface area contributed by atoms with Crippen molar-refractivity contribution in [3.63, 3.8) is 0 Å². The fraction of sp³-hybridized carbons (Fsp3) is 0.350. The van der Waals surface area contributed by atoms with E-state index in [0.29, 0.717) is 11.6 Å². The number of hydrogen-bond donors (Lipinski definition) is 0. The van der Waals surface area contributed by atoms with Crippen LogP contribution in [0.4, 0.5) is 5.82 Å². The fourth-order valence-corrected chi connectivity index (χ4v) is 4.22. The number of piperidine rings is 1. The van der Waals surface area contributed by atoms with Crippen molar-refractivity contribution in [2.45, 2.75) is 25.3 Å². The van der Waals surface area contributed by atoms with Crippen molar-refractivity contribution in [1.29, 1.82) is 0 Å². The van der Waals surface area contributed by atoms with Crippen molar-refractivity contribution in [3.8, 4) is 0 Å². The lowest BCUT2D eigenvalue weighted by Gasteiger charge is -2.37. The molecule has 0 unspecified atom stereocenters. The summed E-state index contributed by atoms with van der Waals surface area (Å²) in [5.41, 5.74) is 1.40. The van der Waals surface area contributed by atoms with E-state index in [9.17, 15) is 4.79 Å². The van der Waals surface area contributed by atoms with Crippen LogP contribution >= 0.6 is 11.3 Å². The van der Waals surface area contributed by atoms with Gasteiger partial charge in [-0.1, -0.05) is 0 Å². The molecule has 1 saturated heterocycles. The van der Waals surface area contributed by atoms with Crippen LogP contribution < -0.4 is 4.90 Å². The molecule has 0 bridgehead atoms. The number of rotatable bonds is 6. The van der Waals surface area contributed by atoms with Gasteiger partial charge in [-0.3, -0.25) is 14.7 Å². The number of amides is 1. The maximum atomic E-state index is 13.0. The van der Waals surface area contributed by atoms with Gasteiger partial charge >= 0.3 is 0 Å². The van der Waals surface area contributed by atoms with E-state index < -0.39 is 0 Å². The molecule has 3 aromatic heterocycles. The van der Waals surface area contributed by atoms with E-state index in [-0.39, 0.29) is 11.9 Å². The number of carbonyl (C=O) groups is 1. The van der Waals surface area contributed by atoms with Crippen LogP contribution in [0.25, 0.3) is 0 Å². The lowest BCUT2D eigenvalue weighted by Crippen LogP contribution is -2.48. The lowest BCUT2D eigenvalue weighted by molar-refractivity contribution is 0.0932. The van der Waals surface area contributed by atoms with Crippen LogP contribution in [0.15, 0.2) is 58.2 Å². The summed E-state index contributed by atoms with van der Waals surface area (Å²) in [6.45, 7) is 2.99. The van der Waals surface area contributed by atoms with E-state index >= 15 is 0 Å². The Balaban J connectivity index is 1.43. The van der Waals surface area contributed by atoms with Crippen molar-refractivity contribution < 1.29 is 9.21 Å². The Hall–Kier alpha value is -2.51. The largest absolute Gasteiger partial charge is 0.459 e. The van der Waals surface area contributed by atoms with Gasteiger partial charge in [0, 0.05) is 38.1 Å². The minimum absolute atomic E-state index is 0.0942. The standard InChI is InChI=1S/C20H22N4O2S/c25-20(18-2-1-12-26-18)24(19-14-21-7-8-22-19)17-4-10-23(11-5-17)9-3-16-6-13-27-15-16/h1-2,6-8,12-15,17H,3-5,9-11H2. The molecule has 1 fully saturated rings. The first-order valence-corrected chi connectivity index (χ1v) is 10.1. The number of nitrogens with zero attached hydrogens (tertiary/aromatic N) is 4. The van der Waals surface area contributed by atoms with E-state index in [1.54, 1.807) is 47.0 Å². The molecule has 0 spiro atoms. The number of thiophene rings is 1. The highest BCUT2D eigenvalue weighted by atomic mass is 32.1. The molecule has 27 heavy (non-hydrogen) atoms. The molecule has 7 heteroatoms. The maximum absolute atomic E-state index is 13.0. The van der Waals surface area contributed by atoms with Crippen LogP contribution in [0.5, 0.6) is 0 Å². The molecule has 4 heterocycles. The topological polar surface area (TPSA) is 62.5 Å². The summed E-state index contributed by atoms with van der Waals surface area (Å²) in [5, 5.41) is 4.34. The Morgan fingerprint density at radius 3 is 2.85 bits per heavy atom. The first-order chi connectivity index (χ1) is 13.3. The first kappa shape index (κ1) is 17.9. The maximum Gasteiger partial charge on any atom is 0.295 e. The van der Waals surface area contributed by atoms with E-state index in [4.69, 9.17) is 4.42 Å². The Morgan fingerprint density at radius 1 is 1.30 bits per heavy atom. The smallest absolute Gasteiger partial charge is 0.295 e. The normalized spacial score (nSPS) is 15.7. The second-order valence-corrected chi connectivity index (χ2v) is 7.45. The monoisotopic (exact) mass is 382 g/mol. The Bertz CT molecular complexity index is 828. The molecule has 1 aliphatic rings. The highest BCUT2D eigenvalue weighted by molar-refractivity contribution is 7.07. The SMILES string of the molecule is O=C(c1ccco1)N(c1cnccn1)C1CCN(CCc2ccsc2)CC1. The summed E-state index contributed by atoms with van der Waals surface area (Å²) in [6.07, 6.45) is 9.30. The molecule has 0 aromatic carbocycles. The number of likely N-dealkylation sites (tertiary alicyclic amines) is 1. The summed E-state index contributed by atoms with van der Waals surface area (Å²) in [6, 6.07) is 5.71. The second-order valence-electron chi connectivity index (χ2n) is 6.67. The molecular weight excluding hydrogens is 360 g/mol. The molecule has 0 atom stereocenters. The summed E-state index contributed by atoms with van der Waals surface area (Å²) in [4.78, 5) is 25.7. The lowest BCUT2D eigenvalue weighted by atomic mass is 10.0. The van der Waals surface area contributed by atoms with E-state index in [1.807, 2.05) is 0 Å². The van der Waals surface area contributed by atoms with Gasteiger partial charge in [-0.25, -0.2) is 4.98 Å². The fourth-order valence-electron chi connectivity index (χ4n) is 3.51. The number of anilines is 1. The third kappa shape index (κ3) is 4.26. The average molecular weight is 382 g/mol. The minimum Gasteiger partial charge on any atom is -0.459 e. The Labute approximate surface area is 162 Å². The van der Waals surface area contributed by atoms with Crippen LogP contribution in [0.1, 0.15) is 29.0 Å². The van der Waals surface area contributed by atoms with E-state index in [1.165, 1.54) is 11.8 Å². The van der Waals surface area contributed by atoms with Crippen molar-refractivity contribution in [2.75, 3.05) is 24.5 Å². The zero-order valence-corrected chi connectivity index (χ0v) is 15.8. The highest BCUT2D eigenvalue weighted by Crippen LogP contribution is 2.24. The average Bonchev–Trinajstić information content (AvgIpc) is 3.42. The van der Waals surface area contributed by atoms with Gasteiger partial charge in [0.15, 0.2) is 11.6 Å². The molecule has 0 radical (unpaired) electrons. The van der Waals surface area contributed by atoms with Gasteiger partial charge < -0.3 is 9.32 Å². The number of hydrogen-bond acceptors (Lipinski definition) is 6. The summed E-state index contributed by atoms with van der Waals surface area (Å²) in [7, 11) is 0. The molecule has 0 aliphatic carbocycles. The molecule has 0 saturated carbocycles. The molecule has 140 valence electrons. The quantitative estimate of drug-likeness (QED) is 0.653. The first-order valence-electron chi connectivity index (χ1n) is 9.18. The second kappa shape index (κ2) is 8.45. The molecular formula is C20H22N4O2S. The number of carbonyl (C=O) groups excluding carboxylic acids is 1. The predicted molar refractivity (Wildman–Crippen MR) is 105 cm³/mol. The van der Waals surface area contributed by atoms with Gasteiger partial charge in [0.1, 0.15) is 0 Å². The van der Waals surface area contributed by atoms with Crippen molar-refractivity contribution in [1.82, 2.24) is 14.9 Å². The van der Waals surface area contributed by atoms with Crippen molar-refractivity contribution in [2.24, 2.45) is 0 Å². The summed E-state index contributed by atoms with van der Waals surface area (Å²) in [5.74, 6) is 0.758. The van der Waals surface area contributed by atoms with Gasteiger partial charge in [-0.2, -0.15) is 11.3 Å². The summed E-state index contributed by atoms with van der Waals surface area (Å²) >= 11 is 1.75. The van der Waals surface area contributed by atoms with Gasteiger partial charge in [0.25, 0.3) is 5.91 Å². The van der Waals surface area contributed by atoms with Crippen LogP contribution in [0, 0.1) is 0 Å².